The Labute approximate surface area is 194 Å². The number of primary amides is 1. The van der Waals surface area contributed by atoms with E-state index in [-0.39, 0.29) is 24.8 Å². The molecule has 176 valence electrons. The number of hydrogen-bond acceptors (Lipinski definition) is 4. The van der Waals surface area contributed by atoms with Crippen molar-refractivity contribution < 1.29 is 19.2 Å². The van der Waals surface area contributed by atoms with Gasteiger partial charge in [-0.15, -0.1) is 0 Å². The van der Waals surface area contributed by atoms with Crippen molar-refractivity contribution >= 4 is 23.6 Å². The molecule has 33 heavy (non-hydrogen) atoms. The molecule has 4 amide bonds. The van der Waals surface area contributed by atoms with Gasteiger partial charge in [-0.05, 0) is 37.0 Å². The fraction of sp³-hybridized carbons (Fsp3) is 0.360. The van der Waals surface area contributed by atoms with Crippen molar-refractivity contribution in [2.75, 3.05) is 6.54 Å². The van der Waals surface area contributed by atoms with Crippen LogP contribution < -0.4 is 21.7 Å². The Morgan fingerprint density at radius 2 is 1.52 bits per heavy atom. The molecule has 0 aliphatic heterocycles. The van der Waals surface area contributed by atoms with E-state index in [0.717, 1.165) is 11.1 Å². The van der Waals surface area contributed by atoms with Gasteiger partial charge >= 0.3 is 0 Å². The van der Waals surface area contributed by atoms with E-state index in [1.807, 2.05) is 63.2 Å². The van der Waals surface area contributed by atoms with Crippen LogP contribution in [0, 0.1) is 12.8 Å². The van der Waals surface area contributed by atoms with Crippen LogP contribution in [0.25, 0.3) is 0 Å². The van der Waals surface area contributed by atoms with Crippen LogP contribution in [0.3, 0.4) is 0 Å². The fourth-order valence-electron chi connectivity index (χ4n) is 3.26. The molecule has 0 aliphatic rings. The predicted octanol–water partition coefficient (Wildman–Crippen LogP) is 1.47. The summed E-state index contributed by atoms with van der Waals surface area (Å²) in [6.45, 7) is 5.40. The van der Waals surface area contributed by atoms with Gasteiger partial charge in [0.1, 0.15) is 12.1 Å². The third-order valence-electron chi connectivity index (χ3n) is 5.03. The lowest BCUT2D eigenvalue weighted by atomic mass is 10.0. The lowest BCUT2D eigenvalue weighted by Crippen LogP contribution is -2.52. The normalized spacial score (nSPS) is 12.5. The zero-order valence-electron chi connectivity index (χ0n) is 19.3. The van der Waals surface area contributed by atoms with E-state index in [9.17, 15) is 19.2 Å². The lowest BCUT2D eigenvalue weighted by molar-refractivity contribution is -0.129. The topological polar surface area (TPSA) is 130 Å². The maximum absolute atomic E-state index is 12.9. The van der Waals surface area contributed by atoms with Crippen molar-refractivity contribution in [3.63, 3.8) is 0 Å². The molecular weight excluding hydrogens is 420 g/mol. The molecule has 2 rings (SSSR count). The first-order valence-corrected chi connectivity index (χ1v) is 10.9. The highest BCUT2D eigenvalue weighted by atomic mass is 16.2. The monoisotopic (exact) mass is 452 g/mol. The summed E-state index contributed by atoms with van der Waals surface area (Å²) in [4.78, 5) is 49.4. The second-order valence-electron chi connectivity index (χ2n) is 8.45. The number of amides is 4. The molecule has 0 spiro atoms. The molecule has 2 atom stereocenters. The summed E-state index contributed by atoms with van der Waals surface area (Å²) in [7, 11) is 0. The Hall–Kier alpha value is -3.68. The van der Waals surface area contributed by atoms with Gasteiger partial charge in [0.05, 0.1) is 6.54 Å². The van der Waals surface area contributed by atoms with Gasteiger partial charge in [-0.1, -0.05) is 61.9 Å². The number of nitrogens with one attached hydrogen (secondary N) is 3. The Bertz CT molecular complexity index is 958. The maximum Gasteiger partial charge on any atom is 0.251 e. The highest BCUT2D eigenvalue weighted by Gasteiger charge is 2.24. The molecule has 8 heteroatoms. The van der Waals surface area contributed by atoms with Gasteiger partial charge in [-0.25, -0.2) is 0 Å². The van der Waals surface area contributed by atoms with Gasteiger partial charge in [0.2, 0.25) is 17.7 Å². The molecule has 0 saturated carbocycles. The van der Waals surface area contributed by atoms with E-state index >= 15 is 0 Å². The molecule has 0 saturated heterocycles. The minimum atomic E-state index is -0.892. The summed E-state index contributed by atoms with van der Waals surface area (Å²) < 4.78 is 0. The number of aryl methyl sites for hydroxylation is 1. The molecule has 0 radical (unpaired) electrons. The average molecular weight is 453 g/mol. The first-order valence-electron chi connectivity index (χ1n) is 10.9. The largest absolute Gasteiger partial charge is 0.368 e. The van der Waals surface area contributed by atoms with Crippen molar-refractivity contribution in [3.8, 4) is 0 Å². The Kier molecular flexibility index (Phi) is 9.60. The standard InChI is InChI=1S/C25H32N4O4/c1-16(2)13-20(23(26)31)28-22(30)15-27-25(33)21(14-18-7-5-4-6-8-18)29-24(32)19-11-9-17(3)10-12-19/h4-12,16,20-21H,13-15H2,1-3H3,(H2,26,31)(H,27,33)(H,28,30)(H,29,32)/t20-,21-/m0/s1. The van der Waals surface area contributed by atoms with Gasteiger partial charge in [0.25, 0.3) is 5.91 Å². The van der Waals surface area contributed by atoms with Crippen LogP contribution in [-0.2, 0) is 20.8 Å². The molecule has 5 N–H and O–H groups in total. The number of hydrogen-bond donors (Lipinski definition) is 4. The lowest BCUT2D eigenvalue weighted by Gasteiger charge is -2.20. The quantitative estimate of drug-likeness (QED) is 0.411. The first-order chi connectivity index (χ1) is 15.7. The van der Waals surface area contributed by atoms with Crippen LogP contribution in [0.15, 0.2) is 54.6 Å². The van der Waals surface area contributed by atoms with Gasteiger partial charge in [-0.2, -0.15) is 0 Å². The summed E-state index contributed by atoms with van der Waals surface area (Å²) in [5, 5.41) is 7.85. The van der Waals surface area contributed by atoms with Crippen molar-refractivity contribution in [1.82, 2.24) is 16.0 Å². The van der Waals surface area contributed by atoms with Crippen molar-refractivity contribution in [2.24, 2.45) is 11.7 Å². The zero-order valence-corrected chi connectivity index (χ0v) is 19.3. The Morgan fingerprint density at radius 3 is 2.09 bits per heavy atom. The van der Waals surface area contributed by atoms with Gasteiger partial charge in [-0.3, -0.25) is 19.2 Å². The smallest absolute Gasteiger partial charge is 0.251 e. The second-order valence-corrected chi connectivity index (χ2v) is 8.45. The molecule has 0 fully saturated rings. The fourth-order valence-corrected chi connectivity index (χ4v) is 3.26. The van der Waals surface area contributed by atoms with Crippen LogP contribution in [0.4, 0.5) is 0 Å². The van der Waals surface area contributed by atoms with Crippen LogP contribution >= 0.6 is 0 Å². The van der Waals surface area contributed by atoms with Crippen molar-refractivity contribution in [3.05, 3.63) is 71.3 Å². The molecule has 0 aromatic heterocycles. The molecule has 0 bridgehead atoms. The van der Waals surface area contributed by atoms with Crippen LogP contribution in [-0.4, -0.2) is 42.3 Å². The number of nitrogens with two attached hydrogens (primary N) is 1. The van der Waals surface area contributed by atoms with Gasteiger partial charge < -0.3 is 21.7 Å². The average Bonchev–Trinajstić information content (AvgIpc) is 2.77. The summed E-state index contributed by atoms with van der Waals surface area (Å²) >= 11 is 0. The van der Waals surface area contributed by atoms with Crippen molar-refractivity contribution in [1.29, 1.82) is 0 Å². The second kappa shape index (κ2) is 12.4. The molecule has 2 aromatic rings. The number of rotatable bonds is 11. The Morgan fingerprint density at radius 1 is 0.879 bits per heavy atom. The molecule has 0 aliphatic carbocycles. The number of carbonyl (C=O) groups is 4. The first kappa shape index (κ1) is 25.6. The number of carbonyl (C=O) groups excluding carboxylic acids is 4. The van der Waals surface area contributed by atoms with Crippen LogP contribution in [0.2, 0.25) is 0 Å². The van der Waals surface area contributed by atoms with E-state index in [2.05, 4.69) is 16.0 Å². The van der Waals surface area contributed by atoms with Crippen LogP contribution in [0.5, 0.6) is 0 Å². The number of benzene rings is 2. The predicted molar refractivity (Wildman–Crippen MR) is 126 cm³/mol. The summed E-state index contributed by atoms with van der Waals surface area (Å²) in [5.74, 6) is -1.90. The summed E-state index contributed by atoms with van der Waals surface area (Å²) in [5.41, 5.74) is 7.66. The SMILES string of the molecule is Cc1ccc(C(=O)N[C@@H](Cc2ccccc2)C(=O)NCC(=O)N[C@@H](CC(C)C)C(N)=O)cc1. The molecular formula is C25H32N4O4. The summed E-state index contributed by atoms with van der Waals surface area (Å²) in [6, 6.07) is 14.6. The van der Waals surface area contributed by atoms with E-state index in [0.29, 0.717) is 12.0 Å². The molecule has 0 heterocycles. The minimum absolute atomic E-state index is 0.157. The third-order valence-corrected chi connectivity index (χ3v) is 5.03. The molecule has 8 nitrogen and oxygen atoms in total. The Balaban J connectivity index is 2.04. The van der Waals surface area contributed by atoms with E-state index in [4.69, 9.17) is 5.73 Å². The van der Waals surface area contributed by atoms with E-state index < -0.39 is 29.8 Å². The minimum Gasteiger partial charge on any atom is -0.368 e. The molecule has 0 unspecified atom stereocenters. The van der Waals surface area contributed by atoms with Crippen molar-refractivity contribution in [2.45, 2.75) is 45.7 Å². The molecule has 2 aromatic carbocycles. The van der Waals surface area contributed by atoms with Crippen LogP contribution in [0.1, 0.15) is 41.8 Å². The van der Waals surface area contributed by atoms with Gasteiger partial charge in [0, 0.05) is 12.0 Å². The van der Waals surface area contributed by atoms with E-state index in [1.165, 1.54) is 0 Å². The van der Waals surface area contributed by atoms with Gasteiger partial charge in [0.15, 0.2) is 0 Å². The maximum atomic E-state index is 12.9. The highest BCUT2D eigenvalue weighted by Crippen LogP contribution is 2.07. The summed E-state index contributed by atoms with van der Waals surface area (Å²) in [6.07, 6.45) is 0.654. The third kappa shape index (κ3) is 8.76. The van der Waals surface area contributed by atoms with E-state index in [1.54, 1.807) is 12.1 Å². The zero-order chi connectivity index (χ0) is 24.4. The highest BCUT2D eigenvalue weighted by molar-refractivity contribution is 5.98.